The summed E-state index contributed by atoms with van der Waals surface area (Å²) in [4.78, 5) is 15.8. The van der Waals surface area contributed by atoms with Gasteiger partial charge < -0.3 is 4.90 Å². The summed E-state index contributed by atoms with van der Waals surface area (Å²) >= 11 is 11.6. The zero-order valence-corrected chi connectivity index (χ0v) is 13.7. The van der Waals surface area contributed by atoms with Crippen molar-refractivity contribution in [1.82, 2.24) is 4.90 Å². The second-order valence-electron chi connectivity index (χ2n) is 5.29. The third-order valence-corrected chi connectivity index (χ3v) is 4.52. The number of hydrogen-bond acceptors (Lipinski definition) is 2. The summed E-state index contributed by atoms with van der Waals surface area (Å²) in [5, 5.41) is 1.16. The summed E-state index contributed by atoms with van der Waals surface area (Å²) in [5.74, 6) is -0.0270. The maximum Gasteiger partial charge on any atom is 0.252 e. The number of anilines is 1. The summed E-state index contributed by atoms with van der Waals surface area (Å²) in [5.41, 5.74) is 2.83. The quantitative estimate of drug-likeness (QED) is 0.800. The third kappa shape index (κ3) is 2.85. The Balaban J connectivity index is 1.83. The zero-order valence-electron chi connectivity index (χ0n) is 12.1. The summed E-state index contributed by atoms with van der Waals surface area (Å²) in [6, 6.07) is 15.5. The molecule has 3 nitrogen and oxygen atoms in total. The van der Waals surface area contributed by atoms with Crippen molar-refractivity contribution in [2.75, 3.05) is 11.4 Å². The molecule has 5 heteroatoms. The lowest BCUT2D eigenvalue weighted by Gasteiger charge is -2.20. The van der Waals surface area contributed by atoms with Crippen LogP contribution in [0, 0.1) is 6.92 Å². The summed E-state index contributed by atoms with van der Waals surface area (Å²) in [6.45, 7) is 2.85. The molecule has 1 fully saturated rings. The number of carbonyl (C=O) groups excluding carboxylic acids is 1. The molecule has 3 rings (SSSR count). The van der Waals surface area contributed by atoms with Gasteiger partial charge in [-0.3, -0.25) is 9.69 Å². The van der Waals surface area contributed by atoms with Crippen LogP contribution in [0.15, 0.2) is 48.5 Å². The van der Waals surface area contributed by atoms with E-state index in [1.54, 1.807) is 11.0 Å². The van der Waals surface area contributed by atoms with E-state index in [1.165, 1.54) is 0 Å². The number of benzene rings is 2. The van der Waals surface area contributed by atoms with Crippen LogP contribution in [0.5, 0.6) is 0 Å². The Kier molecular flexibility index (Phi) is 4.14. The van der Waals surface area contributed by atoms with Crippen LogP contribution in [0.2, 0.25) is 5.02 Å². The number of hydrogen-bond donors (Lipinski definition) is 0. The van der Waals surface area contributed by atoms with Crippen molar-refractivity contribution in [3.05, 3.63) is 64.7 Å². The summed E-state index contributed by atoms with van der Waals surface area (Å²) in [6.07, 6.45) is 0. The van der Waals surface area contributed by atoms with Gasteiger partial charge in [0.15, 0.2) is 5.11 Å². The highest BCUT2D eigenvalue weighted by molar-refractivity contribution is 7.80. The smallest absolute Gasteiger partial charge is 0.252 e. The minimum atomic E-state index is -0.0270. The number of thiocarbonyl (C=S) groups is 1. The van der Waals surface area contributed by atoms with Gasteiger partial charge in [0.05, 0.1) is 5.69 Å². The SMILES string of the molecule is Cc1ccc(N2C(=O)CN(Cc3ccccc3)C2=S)cc1Cl. The molecule has 0 radical (unpaired) electrons. The fourth-order valence-electron chi connectivity index (χ4n) is 2.45. The van der Waals surface area contributed by atoms with Crippen LogP contribution in [-0.4, -0.2) is 22.5 Å². The van der Waals surface area contributed by atoms with Gasteiger partial charge in [0.2, 0.25) is 0 Å². The molecule has 2 aromatic carbocycles. The monoisotopic (exact) mass is 330 g/mol. The van der Waals surface area contributed by atoms with Crippen LogP contribution in [0.3, 0.4) is 0 Å². The Morgan fingerprint density at radius 2 is 1.91 bits per heavy atom. The summed E-state index contributed by atoms with van der Waals surface area (Å²) in [7, 11) is 0. The van der Waals surface area contributed by atoms with E-state index in [2.05, 4.69) is 0 Å². The molecule has 0 bridgehead atoms. The highest BCUT2D eigenvalue weighted by atomic mass is 35.5. The number of rotatable bonds is 3. The van der Waals surface area contributed by atoms with Crippen LogP contribution in [0.1, 0.15) is 11.1 Å². The first-order valence-corrected chi connectivity index (χ1v) is 7.77. The van der Waals surface area contributed by atoms with E-state index >= 15 is 0 Å². The Labute approximate surface area is 140 Å². The van der Waals surface area contributed by atoms with Crippen molar-refractivity contribution in [3.63, 3.8) is 0 Å². The average Bonchev–Trinajstić information content (AvgIpc) is 2.78. The molecule has 0 N–H and O–H groups in total. The van der Waals surface area contributed by atoms with Gasteiger partial charge in [0.1, 0.15) is 6.54 Å². The third-order valence-electron chi connectivity index (χ3n) is 3.67. The lowest BCUT2D eigenvalue weighted by Crippen LogP contribution is -2.32. The maximum absolute atomic E-state index is 12.3. The van der Waals surface area contributed by atoms with Gasteiger partial charge in [-0.05, 0) is 42.4 Å². The molecule has 2 aromatic rings. The predicted octanol–water partition coefficient (Wildman–Crippen LogP) is 3.78. The number of amides is 1. The first kappa shape index (κ1) is 15.0. The Bertz CT molecular complexity index is 733. The van der Waals surface area contributed by atoms with Gasteiger partial charge >= 0.3 is 0 Å². The van der Waals surface area contributed by atoms with E-state index in [0.29, 0.717) is 23.2 Å². The molecule has 0 aliphatic carbocycles. The van der Waals surface area contributed by atoms with Gasteiger partial charge in [-0.1, -0.05) is 48.0 Å². The first-order valence-electron chi connectivity index (χ1n) is 6.98. The molecule has 0 aromatic heterocycles. The Morgan fingerprint density at radius 1 is 1.18 bits per heavy atom. The van der Waals surface area contributed by atoms with E-state index in [9.17, 15) is 4.79 Å². The lowest BCUT2D eigenvalue weighted by molar-refractivity contribution is -0.116. The fourth-order valence-corrected chi connectivity index (χ4v) is 2.96. The normalized spacial score (nSPS) is 14.8. The molecule has 22 heavy (non-hydrogen) atoms. The van der Waals surface area contributed by atoms with E-state index in [-0.39, 0.29) is 5.91 Å². The van der Waals surface area contributed by atoms with Gasteiger partial charge in [-0.25, -0.2) is 0 Å². The lowest BCUT2D eigenvalue weighted by atomic mass is 10.2. The number of aryl methyl sites for hydroxylation is 1. The number of halogens is 1. The molecule has 1 aliphatic rings. The van der Waals surface area contributed by atoms with Crippen LogP contribution >= 0.6 is 23.8 Å². The topological polar surface area (TPSA) is 23.6 Å². The fraction of sp³-hybridized carbons (Fsp3) is 0.176. The van der Waals surface area contributed by atoms with Crippen molar-refractivity contribution in [2.45, 2.75) is 13.5 Å². The van der Waals surface area contributed by atoms with Gasteiger partial charge in [-0.15, -0.1) is 0 Å². The molecule has 1 heterocycles. The number of carbonyl (C=O) groups is 1. The van der Waals surface area contributed by atoms with E-state index < -0.39 is 0 Å². The molecule has 1 aliphatic heterocycles. The van der Waals surface area contributed by atoms with Gasteiger partial charge in [-0.2, -0.15) is 0 Å². The van der Waals surface area contributed by atoms with Crippen molar-refractivity contribution in [2.24, 2.45) is 0 Å². The largest absolute Gasteiger partial charge is 0.335 e. The Morgan fingerprint density at radius 3 is 2.59 bits per heavy atom. The molecule has 1 amide bonds. The molecule has 1 saturated heterocycles. The van der Waals surface area contributed by atoms with Crippen LogP contribution in [-0.2, 0) is 11.3 Å². The zero-order chi connectivity index (χ0) is 15.7. The van der Waals surface area contributed by atoms with Crippen LogP contribution in [0.25, 0.3) is 0 Å². The highest BCUT2D eigenvalue weighted by Gasteiger charge is 2.33. The standard InChI is InChI=1S/C17H15ClN2OS/c1-12-7-8-14(9-15(12)18)20-16(21)11-19(17(20)22)10-13-5-3-2-4-6-13/h2-9H,10-11H2,1H3. The first-order chi connectivity index (χ1) is 10.6. The highest BCUT2D eigenvalue weighted by Crippen LogP contribution is 2.27. The number of nitrogens with zero attached hydrogens (tertiary/aromatic N) is 2. The van der Waals surface area contributed by atoms with Crippen molar-refractivity contribution in [3.8, 4) is 0 Å². The molecule has 0 atom stereocenters. The molecule has 0 unspecified atom stereocenters. The molecule has 0 spiro atoms. The molecular weight excluding hydrogens is 316 g/mol. The average molecular weight is 331 g/mol. The van der Waals surface area contributed by atoms with E-state index in [4.69, 9.17) is 23.8 Å². The van der Waals surface area contributed by atoms with E-state index in [0.717, 1.165) is 16.8 Å². The second-order valence-corrected chi connectivity index (χ2v) is 6.06. The predicted molar refractivity (Wildman–Crippen MR) is 93.1 cm³/mol. The van der Waals surface area contributed by atoms with Crippen molar-refractivity contribution < 1.29 is 4.79 Å². The van der Waals surface area contributed by atoms with Gasteiger partial charge in [0.25, 0.3) is 5.91 Å². The molecule has 0 saturated carbocycles. The Hall–Kier alpha value is -1.91. The van der Waals surface area contributed by atoms with Crippen molar-refractivity contribution >= 4 is 40.5 Å². The minimum absolute atomic E-state index is 0.0270. The maximum atomic E-state index is 12.3. The van der Waals surface area contributed by atoms with Crippen molar-refractivity contribution in [1.29, 1.82) is 0 Å². The molecule has 112 valence electrons. The second kappa shape index (κ2) is 6.07. The van der Waals surface area contributed by atoms with Crippen LogP contribution < -0.4 is 4.90 Å². The summed E-state index contributed by atoms with van der Waals surface area (Å²) < 4.78 is 0. The van der Waals surface area contributed by atoms with E-state index in [1.807, 2.05) is 54.3 Å². The molecular formula is C17H15ClN2OS. The van der Waals surface area contributed by atoms with Crippen LogP contribution in [0.4, 0.5) is 5.69 Å². The minimum Gasteiger partial charge on any atom is -0.335 e. The van der Waals surface area contributed by atoms with Gasteiger partial charge in [0, 0.05) is 11.6 Å².